The summed E-state index contributed by atoms with van der Waals surface area (Å²) in [5.41, 5.74) is 1.26. The van der Waals surface area contributed by atoms with Crippen LogP contribution in [0.4, 0.5) is 0 Å². The van der Waals surface area contributed by atoms with Gasteiger partial charge in [-0.3, -0.25) is 0 Å². The highest BCUT2D eigenvalue weighted by molar-refractivity contribution is 6.31. The van der Waals surface area contributed by atoms with Gasteiger partial charge < -0.3 is 5.32 Å². The molecule has 0 amide bonds. The van der Waals surface area contributed by atoms with Crippen molar-refractivity contribution in [1.82, 2.24) is 5.32 Å². The van der Waals surface area contributed by atoms with Crippen LogP contribution in [0.3, 0.4) is 0 Å². The van der Waals surface area contributed by atoms with Crippen LogP contribution in [0.5, 0.6) is 0 Å². The second-order valence-corrected chi connectivity index (χ2v) is 5.15. The Bertz CT molecular complexity index is 309. The molecule has 0 aliphatic carbocycles. The van der Waals surface area contributed by atoms with Crippen molar-refractivity contribution in [2.24, 2.45) is 5.92 Å². The first kappa shape index (κ1) is 13.5. The lowest BCUT2D eigenvalue weighted by Crippen LogP contribution is -2.27. The summed E-state index contributed by atoms with van der Waals surface area (Å²) < 4.78 is 0. The summed E-state index contributed by atoms with van der Waals surface area (Å²) in [6, 6.07) is 8.71. The zero-order chi connectivity index (χ0) is 12.0. The molecule has 1 rings (SSSR count). The quantitative estimate of drug-likeness (QED) is 0.794. The van der Waals surface area contributed by atoms with Crippen molar-refractivity contribution in [1.29, 1.82) is 0 Å². The molecule has 1 unspecified atom stereocenters. The lowest BCUT2D eigenvalue weighted by Gasteiger charge is -2.18. The fourth-order valence-corrected chi connectivity index (χ4v) is 2.21. The third-order valence-corrected chi connectivity index (χ3v) is 3.25. The van der Waals surface area contributed by atoms with Gasteiger partial charge in [0.15, 0.2) is 0 Å². The molecule has 0 radical (unpaired) electrons. The van der Waals surface area contributed by atoms with Crippen LogP contribution in [0.25, 0.3) is 0 Å². The average Bonchev–Trinajstić information content (AvgIpc) is 2.25. The van der Waals surface area contributed by atoms with Crippen LogP contribution < -0.4 is 5.32 Å². The molecule has 0 bridgehead atoms. The van der Waals surface area contributed by atoms with Crippen molar-refractivity contribution in [2.75, 3.05) is 7.05 Å². The van der Waals surface area contributed by atoms with Crippen molar-refractivity contribution in [3.05, 3.63) is 34.9 Å². The van der Waals surface area contributed by atoms with E-state index in [1.165, 1.54) is 12.0 Å². The Morgan fingerprint density at radius 3 is 2.50 bits per heavy atom. The van der Waals surface area contributed by atoms with E-state index in [2.05, 4.69) is 31.3 Å². The molecule has 1 nitrogen and oxygen atoms in total. The monoisotopic (exact) mass is 239 g/mol. The van der Waals surface area contributed by atoms with Crippen LogP contribution in [-0.4, -0.2) is 13.1 Å². The largest absolute Gasteiger partial charge is 0.317 e. The van der Waals surface area contributed by atoms with E-state index in [9.17, 15) is 0 Å². The van der Waals surface area contributed by atoms with E-state index in [4.69, 9.17) is 11.6 Å². The maximum atomic E-state index is 6.14. The number of rotatable bonds is 6. The molecule has 1 aromatic rings. The second-order valence-electron chi connectivity index (χ2n) is 4.75. The van der Waals surface area contributed by atoms with E-state index in [-0.39, 0.29) is 0 Å². The topological polar surface area (TPSA) is 12.0 Å². The van der Waals surface area contributed by atoms with Gasteiger partial charge in [0.1, 0.15) is 0 Å². The maximum absolute atomic E-state index is 6.14. The summed E-state index contributed by atoms with van der Waals surface area (Å²) in [4.78, 5) is 0. The van der Waals surface area contributed by atoms with E-state index >= 15 is 0 Å². The first-order valence-corrected chi connectivity index (χ1v) is 6.42. The van der Waals surface area contributed by atoms with Gasteiger partial charge in [-0.15, -0.1) is 0 Å². The van der Waals surface area contributed by atoms with Crippen LogP contribution in [0.2, 0.25) is 5.02 Å². The minimum Gasteiger partial charge on any atom is -0.317 e. The molecule has 0 heterocycles. The molecule has 0 saturated heterocycles. The molecule has 0 aliphatic rings. The number of hydrogen-bond acceptors (Lipinski definition) is 1. The van der Waals surface area contributed by atoms with Crippen molar-refractivity contribution >= 4 is 11.6 Å². The average molecular weight is 240 g/mol. The van der Waals surface area contributed by atoms with Gasteiger partial charge in [0.2, 0.25) is 0 Å². The molecule has 2 heteroatoms. The lowest BCUT2D eigenvalue weighted by molar-refractivity contribution is 0.422. The van der Waals surface area contributed by atoms with E-state index in [0.717, 1.165) is 23.8 Å². The van der Waals surface area contributed by atoms with E-state index in [0.29, 0.717) is 6.04 Å². The summed E-state index contributed by atoms with van der Waals surface area (Å²) in [7, 11) is 2.04. The fourth-order valence-electron chi connectivity index (χ4n) is 1.98. The Kier molecular flexibility index (Phi) is 5.86. The molecule has 0 saturated carbocycles. The highest BCUT2D eigenvalue weighted by Gasteiger charge is 2.09. The number of halogens is 1. The van der Waals surface area contributed by atoms with Gasteiger partial charge in [0.25, 0.3) is 0 Å². The minimum absolute atomic E-state index is 0.594. The van der Waals surface area contributed by atoms with Crippen LogP contribution in [0.15, 0.2) is 24.3 Å². The number of nitrogens with one attached hydrogen (secondary N) is 1. The Morgan fingerprint density at radius 1 is 1.25 bits per heavy atom. The fraction of sp³-hybridized carbons (Fsp3) is 0.571. The first-order chi connectivity index (χ1) is 7.63. The molecule has 0 spiro atoms. The van der Waals surface area contributed by atoms with Gasteiger partial charge in [0, 0.05) is 11.1 Å². The van der Waals surface area contributed by atoms with E-state index < -0.39 is 0 Å². The summed E-state index contributed by atoms with van der Waals surface area (Å²) in [6.45, 7) is 4.53. The molecule has 16 heavy (non-hydrogen) atoms. The van der Waals surface area contributed by atoms with Crippen LogP contribution in [-0.2, 0) is 6.42 Å². The lowest BCUT2D eigenvalue weighted by atomic mass is 9.97. The zero-order valence-electron chi connectivity index (χ0n) is 10.5. The van der Waals surface area contributed by atoms with E-state index in [1.54, 1.807) is 0 Å². The SMILES string of the molecule is CNC(CCc1ccccc1Cl)CC(C)C. The molecule has 90 valence electrons. The maximum Gasteiger partial charge on any atom is 0.0437 e. The second kappa shape index (κ2) is 6.93. The van der Waals surface area contributed by atoms with Gasteiger partial charge in [-0.25, -0.2) is 0 Å². The first-order valence-electron chi connectivity index (χ1n) is 6.04. The molecule has 0 aromatic heterocycles. The van der Waals surface area contributed by atoms with Crippen LogP contribution in [0.1, 0.15) is 32.3 Å². The summed E-state index contributed by atoms with van der Waals surface area (Å²) in [5.74, 6) is 0.740. The Balaban J connectivity index is 2.46. The number of hydrogen-bond donors (Lipinski definition) is 1. The molecular formula is C14H22ClN. The zero-order valence-corrected chi connectivity index (χ0v) is 11.2. The third-order valence-electron chi connectivity index (χ3n) is 2.88. The predicted molar refractivity (Wildman–Crippen MR) is 72.1 cm³/mol. The highest BCUT2D eigenvalue weighted by Crippen LogP contribution is 2.18. The molecule has 1 N–H and O–H groups in total. The van der Waals surface area contributed by atoms with Gasteiger partial charge >= 0.3 is 0 Å². The summed E-state index contributed by atoms with van der Waals surface area (Å²) in [6.07, 6.45) is 3.43. The van der Waals surface area contributed by atoms with Crippen molar-refractivity contribution in [3.8, 4) is 0 Å². The molecule has 1 aromatic carbocycles. The summed E-state index contributed by atoms with van der Waals surface area (Å²) >= 11 is 6.14. The molecular weight excluding hydrogens is 218 g/mol. The molecule has 0 aliphatic heterocycles. The Morgan fingerprint density at radius 2 is 1.94 bits per heavy atom. The Labute approximate surface area is 104 Å². The van der Waals surface area contributed by atoms with Gasteiger partial charge in [-0.1, -0.05) is 43.6 Å². The van der Waals surface area contributed by atoms with E-state index in [1.807, 2.05) is 19.2 Å². The van der Waals surface area contributed by atoms with Crippen molar-refractivity contribution < 1.29 is 0 Å². The summed E-state index contributed by atoms with van der Waals surface area (Å²) in [5, 5.41) is 4.27. The highest BCUT2D eigenvalue weighted by atomic mass is 35.5. The smallest absolute Gasteiger partial charge is 0.0437 e. The normalized spacial score (nSPS) is 13.1. The number of aryl methyl sites for hydroxylation is 1. The standard InChI is InChI=1S/C14H22ClN/c1-11(2)10-13(16-3)9-8-12-6-4-5-7-14(12)15/h4-7,11,13,16H,8-10H2,1-3H3. The third kappa shape index (κ3) is 4.54. The van der Waals surface area contributed by atoms with Crippen molar-refractivity contribution in [2.45, 2.75) is 39.2 Å². The van der Waals surface area contributed by atoms with Gasteiger partial charge in [-0.05, 0) is 43.9 Å². The molecule has 1 atom stereocenters. The van der Waals surface area contributed by atoms with Gasteiger partial charge in [-0.2, -0.15) is 0 Å². The number of benzene rings is 1. The van der Waals surface area contributed by atoms with Crippen LogP contribution in [0, 0.1) is 5.92 Å². The predicted octanol–water partition coefficient (Wildman–Crippen LogP) is 3.91. The van der Waals surface area contributed by atoms with Crippen molar-refractivity contribution in [3.63, 3.8) is 0 Å². The Hall–Kier alpha value is -0.530. The molecule has 0 fully saturated rings. The minimum atomic E-state index is 0.594. The van der Waals surface area contributed by atoms with Crippen LogP contribution >= 0.6 is 11.6 Å². The van der Waals surface area contributed by atoms with Gasteiger partial charge in [0.05, 0.1) is 0 Å².